The molecule has 0 saturated heterocycles. The highest BCUT2D eigenvalue weighted by Gasteiger charge is 2.65. The normalized spacial score (nSPS) is 33.1. The van der Waals surface area contributed by atoms with Gasteiger partial charge in [-0.3, -0.25) is 0 Å². The number of alkyl halides is 5. The Balaban J connectivity index is 3.38. The fourth-order valence-electron chi connectivity index (χ4n) is 1.00. The highest BCUT2D eigenvalue weighted by atomic mass is 79.9. The van der Waals surface area contributed by atoms with E-state index in [9.17, 15) is 30.7 Å². The molecule has 2 unspecified atom stereocenters. The van der Waals surface area contributed by atoms with Crippen molar-refractivity contribution in [1.29, 1.82) is 0 Å². The number of rotatable bonds is 0. The molecule has 0 bridgehead atoms. The average molecular weight is 299 g/mol. The summed E-state index contributed by atoms with van der Waals surface area (Å²) in [6.07, 6.45) is -9.11. The molecule has 0 nitrogen and oxygen atoms in total. The summed E-state index contributed by atoms with van der Waals surface area (Å²) in [5, 5.41) is 0. The van der Waals surface area contributed by atoms with Gasteiger partial charge in [-0.2, -0.15) is 13.2 Å². The summed E-state index contributed by atoms with van der Waals surface area (Å²) in [6.45, 7) is 0. The summed E-state index contributed by atoms with van der Waals surface area (Å²) in [5.41, 5.74) is 0. The van der Waals surface area contributed by atoms with Crippen LogP contribution in [0.15, 0.2) is 23.6 Å². The third-order valence-corrected chi connectivity index (χ3v) is 3.00. The number of hydrogen-bond donors (Lipinski definition) is 0. The summed E-state index contributed by atoms with van der Waals surface area (Å²) in [7, 11) is 0. The van der Waals surface area contributed by atoms with Gasteiger partial charge in [0.15, 0.2) is 17.8 Å². The van der Waals surface area contributed by atoms with E-state index in [2.05, 4.69) is 0 Å². The maximum Gasteiger partial charge on any atom is 0.413 e. The Bertz CT molecular complexity index is 342. The monoisotopic (exact) mass is 298 g/mol. The van der Waals surface area contributed by atoms with E-state index in [1.807, 2.05) is 0 Å². The summed E-state index contributed by atoms with van der Waals surface area (Å²) >= 11 is 1.67. The first-order valence-corrected chi connectivity index (χ1v) is 4.24. The molecule has 0 aromatic carbocycles. The summed E-state index contributed by atoms with van der Waals surface area (Å²) in [6, 6.07) is 0. The molecule has 86 valence electrons. The second-order valence-electron chi connectivity index (χ2n) is 2.76. The first-order valence-electron chi connectivity index (χ1n) is 3.45. The van der Waals surface area contributed by atoms with E-state index >= 15 is 0 Å². The minimum absolute atomic E-state index is 0.259. The Labute approximate surface area is 87.6 Å². The van der Waals surface area contributed by atoms with E-state index in [4.69, 9.17) is 0 Å². The largest absolute Gasteiger partial charge is 0.413 e. The van der Waals surface area contributed by atoms with Gasteiger partial charge in [0.25, 0.3) is 0 Å². The van der Waals surface area contributed by atoms with Gasteiger partial charge in [0.1, 0.15) is 5.83 Å². The Morgan fingerprint density at radius 3 is 2.07 bits per heavy atom. The van der Waals surface area contributed by atoms with Crippen LogP contribution >= 0.6 is 15.9 Å². The Kier molecular flexibility index (Phi) is 2.92. The molecule has 15 heavy (non-hydrogen) atoms. The first-order chi connectivity index (χ1) is 6.62. The fraction of sp³-hybridized carbons (Fsp3) is 0.429. The second-order valence-corrected chi connectivity index (χ2v) is 4.01. The predicted molar refractivity (Wildman–Crippen MR) is 41.0 cm³/mol. The lowest BCUT2D eigenvalue weighted by atomic mass is 9.95. The molecule has 0 aromatic rings. The van der Waals surface area contributed by atoms with Crippen LogP contribution in [0, 0.1) is 0 Å². The molecule has 0 N–H and O–H groups in total. The summed E-state index contributed by atoms with van der Waals surface area (Å²) in [4.78, 5) is 0. The minimum Gasteiger partial charge on any atom is -0.237 e. The third kappa shape index (κ3) is 1.68. The number of allylic oxidation sites excluding steroid dienone is 4. The van der Waals surface area contributed by atoms with Crippen LogP contribution in [0.4, 0.5) is 30.7 Å². The Morgan fingerprint density at radius 2 is 1.67 bits per heavy atom. The van der Waals surface area contributed by atoms with Crippen LogP contribution in [0.3, 0.4) is 0 Å². The van der Waals surface area contributed by atoms with Crippen molar-refractivity contribution >= 4 is 15.9 Å². The van der Waals surface area contributed by atoms with Gasteiger partial charge in [-0.05, 0) is 0 Å². The molecule has 0 spiro atoms. The lowest BCUT2D eigenvalue weighted by molar-refractivity contribution is -0.165. The molecule has 1 aliphatic carbocycles. The molecular weight excluding hydrogens is 297 g/mol. The van der Waals surface area contributed by atoms with Crippen LogP contribution in [0.25, 0.3) is 0 Å². The molecule has 0 saturated carbocycles. The maximum atomic E-state index is 12.9. The smallest absolute Gasteiger partial charge is 0.237 e. The first kappa shape index (κ1) is 12.5. The molecule has 1 rings (SSSR count). The van der Waals surface area contributed by atoms with Crippen molar-refractivity contribution in [2.45, 2.75) is 16.7 Å². The molecule has 2 atom stereocenters. The highest BCUT2D eigenvalue weighted by Crippen LogP contribution is 2.53. The quantitative estimate of drug-likeness (QED) is 0.468. The summed E-state index contributed by atoms with van der Waals surface area (Å²) < 4.78 is 83.6. The molecule has 0 heterocycles. The van der Waals surface area contributed by atoms with E-state index in [1.54, 1.807) is 15.9 Å². The third-order valence-electron chi connectivity index (χ3n) is 1.80. The predicted octanol–water partition coefficient (Wildman–Crippen LogP) is 4.04. The molecule has 0 fully saturated rings. The van der Waals surface area contributed by atoms with Crippen molar-refractivity contribution in [3.05, 3.63) is 23.6 Å². The van der Waals surface area contributed by atoms with Crippen molar-refractivity contribution in [3.8, 4) is 0 Å². The van der Waals surface area contributed by atoms with Gasteiger partial charge in [-0.25, -0.2) is 17.6 Å². The van der Waals surface area contributed by atoms with Crippen molar-refractivity contribution in [2.75, 3.05) is 0 Å². The molecule has 1 aliphatic rings. The van der Waals surface area contributed by atoms with Crippen LogP contribution in [-0.4, -0.2) is 16.7 Å². The van der Waals surface area contributed by atoms with E-state index in [-0.39, 0.29) is 6.08 Å². The van der Waals surface area contributed by atoms with E-state index in [0.717, 1.165) is 0 Å². The topological polar surface area (TPSA) is 0 Å². The van der Waals surface area contributed by atoms with Crippen molar-refractivity contribution in [1.82, 2.24) is 0 Å². The molecule has 0 aliphatic heterocycles. The van der Waals surface area contributed by atoms with Gasteiger partial charge < -0.3 is 0 Å². The van der Waals surface area contributed by atoms with Crippen molar-refractivity contribution in [3.63, 3.8) is 0 Å². The van der Waals surface area contributed by atoms with Gasteiger partial charge in [-0.15, -0.1) is 0 Å². The van der Waals surface area contributed by atoms with Crippen molar-refractivity contribution < 1.29 is 30.7 Å². The average Bonchev–Trinajstić information content (AvgIpc) is 2.09. The summed E-state index contributed by atoms with van der Waals surface area (Å²) in [5.74, 6) is -6.54. The zero-order valence-corrected chi connectivity index (χ0v) is 8.26. The lowest BCUT2D eigenvalue weighted by Crippen LogP contribution is -2.50. The molecule has 0 radical (unpaired) electrons. The molecule has 0 amide bonds. The Hall–Kier alpha value is -0.530. The van der Waals surface area contributed by atoms with E-state index < -0.39 is 34.2 Å². The van der Waals surface area contributed by atoms with Gasteiger partial charge in [0.05, 0.1) is 0 Å². The lowest BCUT2D eigenvalue weighted by Gasteiger charge is -2.32. The molecular formula is C7H2BrF7. The Morgan fingerprint density at radius 1 is 1.20 bits per heavy atom. The highest BCUT2D eigenvalue weighted by molar-refractivity contribution is 9.10. The fourth-order valence-corrected chi connectivity index (χ4v) is 1.41. The van der Waals surface area contributed by atoms with E-state index in [1.165, 1.54) is 0 Å². The second kappa shape index (κ2) is 3.50. The van der Waals surface area contributed by atoms with Crippen LogP contribution in [0.2, 0.25) is 0 Å². The van der Waals surface area contributed by atoms with Gasteiger partial charge in [0.2, 0.25) is 4.32 Å². The van der Waals surface area contributed by atoms with Gasteiger partial charge in [-0.1, -0.05) is 15.9 Å². The zero-order chi connectivity index (χ0) is 12.0. The minimum atomic E-state index is -5.50. The van der Waals surface area contributed by atoms with Crippen molar-refractivity contribution in [2.24, 2.45) is 0 Å². The number of halogens is 8. The standard InChI is InChI=1S/C7H2BrF7/c8-6(7(13,14)15)4(11)2(9)1-3(10)5(6)12/h1,4H. The number of hydrogen-bond acceptors (Lipinski definition) is 0. The molecule has 0 aromatic heterocycles. The maximum absolute atomic E-state index is 12.9. The van der Waals surface area contributed by atoms with Crippen LogP contribution in [0.1, 0.15) is 0 Å². The SMILES string of the molecule is FC1=CC(F)=C(F)C(Br)(C(F)(F)F)C1F. The zero-order valence-electron chi connectivity index (χ0n) is 6.68. The van der Waals surface area contributed by atoms with Gasteiger partial charge in [0, 0.05) is 6.08 Å². The van der Waals surface area contributed by atoms with E-state index in [0.29, 0.717) is 0 Å². The van der Waals surface area contributed by atoms with Crippen LogP contribution < -0.4 is 0 Å². The van der Waals surface area contributed by atoms with Gasteiger partial charge >= 0.3 is 6.18 Å². The van der Waals surface area contributed by atoms with Crippen LogP contribution in [0.5, 0.6) is 0 Å². The van der Waals surface area contributed by atoms with Crippen LogP contribution in [-0.2, 0) is 0 Å². The molecule has 8 heteroatoms.